The fourth-order valence-electron chi connectivity index (χ4n) is 2.13. The van der Waals surface area contributed by atoms with E-state index in [-0.39, 0.29) is 18.4 Å². The van der Waals surface area contributed by atoms with Crippen molar-refractivity contribution in [2.24, 2.45) is 5.92 Å². The summed E-state index contributed by atoms with van der Waals surface area (Å²) in [5, 5.41) is 12.0. The third-order valence-electron chi connectivity index (χ3n) is 3.19. The lowest BCUT2D eigenvalue weighted by Crippen LogP contribution is -2.41. The number of aliphatic hydroxyl groups is 1. The van der Waals surface area contributed by atoms with Crippen LogP contribution in [-0.2, 0) is 0 Å². The van der Waals surface area contributed by atoms with Crippen molar-refractivity contribution in [3.05, 3.63) is 18.1 Å². The summed E-state index contributed by atoms with van der Waals surface area (Å²) in [6, 6.07) is 0. The third kappa shape index (κ3) is 2.76. The highest BCUT2D eigenvalue weighted by Gasteiger charge is 2.24. The van der Waals surface area contributed by atoms with Gasteiger partial charge in [-0.15, -0.1) is 0 Å². The molecule has 0 saturated carbocycles. The molecule has 6 heteroatoms. The van der Waals surface area contributed by atoms with Crippen LogP contribution < -0.4 is 5.32 Å². The zero-order valence-electron chi connectivity index (χ0n) is 10.5. The molecule has 18 heavy (non-hydrogen) atoms. The molecule has 1 unspecified atom stereocenters. The summed E-state index contributed by atoms with van der Waals surface area (Å²) in [6.45, 7) is 1.46. The summed E-state index contributed by atoms with van der Waals surface area (Å²) < 4.78 is 0. The Morgan fingerprint density at radius 2 is 2.39 bits per heavy atom. The highest BCUT2D eigenvalue weighted by Crippen LogP contribution is 2.17. The van der Waals surface area contributed by atoms with Gasteiger partial charge in [0.1, 0.15) is 11.5 Å². The highest BCUT2D eigenvalue weighted by molar-refractivity contribution is 5.92. The van der Waals surface area contributed by atoms with Crippen LogP contribution in [0.4, 0.5) is 5.82 Å². The molecular weight excluding hydrogens is 232 g/mol. The van der Waals surface area contributed by atoms with Crippen molar-refractivity contribution in [3.8, 4) is 0 Å². The topological polar surface area (TPSA) is 78.4 Å². The molecule has 2 rings (SSSR count). The Bertz CT molecular complexity index is 407. The first-order valence-corrected chi connectivity index (χ1v) is 6.14. The number of nitrogens with zero attached hydrogens (tertiary/aromatic N) is 3. The number of likely N-dealkylation sites (tertiary alicyclic amines) is 1. The van der Waals surface area contributed by atoms with Gasteiger partial charge in [0.15, 0.2) is 0 Å². The molecule has 98 valence electrons. The smallest absolute Gasteiger partial charge is 0.274 e. The number of aliphatic hydroxyl groups excluding tert-OH is 1. The van der Waals surface area contributed by atoms with Crippen LogP contribution >= 0.6 is 0 Å². The van der Waals surface area contributed by atoms with E-state index >= 15 is 0 Å². The van der Waals surface area contributed by atoms with Gasteiger partial charge in [0.25, 0.3) is 5.91 Å². The summed E-state index contributed by atoms with van der Waals surface area (Å²) in [7, 11) is 1.75. The van der Waals surface area contributed by atoms with Crippen molar-refractivity contribution in [1.82, 2.24) is 14.9 Å². The second kappa shape index (κ2) is 5.77. The lowest BCUT2D eigenvalue weighted by atomic mass is 9.99. The van der Waals surface area contributed by atoms with E-state index in [2.05, 4.69) is 15.3 Å². The number of nitrogens with one attached hydrogen (secondary N) is 1. The Hall–Kier alpha value is -1.69. The number of hydrogen-bond donors (Lipinski definition) is 2. The standard InChI is InChI=1S/C12H18N4O2/c1-13-11-6-14-10(5-15-11)12(18)16-4-2-3-9(7-16)8-17/h5-6,9,17H,2-4,7-8H2,1H3,(H,13,15). The molecule has 1 aromatic heterocycles. The first-order valence-electron chi connectivity index (χ1n) is 6.14. The molecule has 2 heterocycles. The van der Waals surface area contributed by atoms with E-state index in [9.17, 15) is 4.79 Å². The number of hydrogen-bond acceptors (Lipinski definition) is 5. The molecule has 1 atom stereocenters. The molecule has 1 aliphatic rings. The lowest BCUT2D eigenvalue weighted by Gasteiger charge is -2.31. The van der Waals surface area contributed by atoms with E-state index in [0.717, 1.165) is 19.4 Å². The van der Waals surface area contributed by atoms with Gasteiger partial charge in [-0.25, -0.2) is 9.97 Å². The minimum Gasteiger partial charge on any atom is -0.396 e. The molecule has 1 aromatic rings. The van der Waals surface area contributed by atoms with E-state index in [4.69, 9.17) is 5.11 Å². The van der Waals surface area contributed by atoms with Gasteiger partial charge in [-0.2, -0.15) is 0 Å². The first-order chi connectivity index (χ1) is 8.74. The van der Waals surface area contributed by atoms with Gasteiger partial charge in [-0.1, -0.05) is 0 Å². The van der Waals surface area contributed by atoms with Gasteiger partial charge in [0, 0.05) is 26.7 Å². The molecule has 1 amide bonds. The van der Waals surface area contributed by atoms with Gasteiger partial charge in [-0.05, 0) is 18.8 Å². The highest BCUT2D eigenvalue weighted by atomic mass is 16.3. The second-order valence-corrected chi connectivity index (χ2v) is 4.48. The summed E-state index contributed by atoms with van der Waals surface area (Å²) >= 11 is 0. The number of piperidine rings is 1. The second-order valence-electron chi connectivity index (χ2n) is 4.48. The number of anilines is 1. The lowest BCUT2D eigenvalue weighted by molar-refractivity contribution is 0.0614. The molecule has 1 fully saturated rings. The molecule has 1 saturated heterocycles. The third-order valence-corrected chi connectivity index (χ3v) is 3.19. The summed E-state index contributed by atoms with van der Waals surface area (Å²) in [4.78, 5) is 22.1. The molecule has 0 aromatic carbocycles. The van der Waals surface area contributed by atoms with E-state index in [1.54, 1.807) is 18.1 Å². The number of carbonyl (C=O) groups excluding carboxylic acids is 1. The molecule has 2 N–H and O–H groups in total. The largest absolute Gasteiger partial charge is 0.396 e. The quantitative estimate of drug-likeness (QED) is 0.810. The molecular formula is C12H18N4O2. The Balaban J connectivity index is 2.05. The molecule has 0 radical (unpaired) electrons. The van der Waals surface area contributed by atoms with Crippen LogP contribution in [0.1, 0.15) is 23.3 Å². The summed E-state index contributed by atoms with van der Waals surface area (Å²) in [5.74, 6) is 0.717. The van der Waals surface area contributed by atoms with Crippen LogP contribution in [0.15, 0.2) is 12.4 Å². The van der Waals surface area contributed by atoms with Crippen molar-refractivity contribution < 1.29 is 9.90 Å². The molecule has 6 nitrogen and oxygen atoms in total. The van der Waals surface area contributed by atoms with E-state index in [1.165, 1.54) is 6.20 Å². The predicted molar refractivity (Wildman–Crippen MR) is 67.3 cm³/mol. The van der Waals surface area contributed by atoms with Crippen LogP contribution in [0.3, 0.4) is 0 Å². The molecule has 0 bridgehead atoms. The molecule has 0 aliphatic carbocycles. The Morgan fingerprint density at radius 1 is 1.56 bits per heavy atom. The van der Waals surface area contributed by atoms with Crippen molar-refractivity contribution in [1.29, 1.82) is 0 Å². The fraction of sp³-hybridized carbons (Fsp3) is 0.583. The minimum atomic E-state index is -0.108. The van der Waals surface area contributed by atoms with Crippen LogP contribution in [-0.4, -0.2) is 52.6 Å². The normalized spacial score (nSPS) is 19.7. The number of amides is 1. The van der Waals surface area contributed by atoms with Gasteiger partial charge in [-0.3, -0.25) is 4.79 Å². The van der Waals surface area contributed by atoms with Crippen molar-refractivity contribution in [3.63, 3.8) is 0 Å². The maximum atomic E-state index is 12.2. The molecule has 1 aliphatic heterocycles. The summed E-state index contributed by atoms with van der Waals surface area (Å²) in [5.41, 5.74) is 0.354. The zero-order valence-corrected chi connectivity index (χ0v) is 10.5. The Morgan fingerprint density at radius 3 is 3.00 bits per heavy atom. The predicted octanol–water partition coefficient (Wildman–Crippen LogP) is 0.363. The summed E-state index contributed by atoms with van der Waals surface area (Å²) in [6.07, 6.45) is 4.93. The van der Waals surface area contributed by atoms with Crippen LogP contribution in [0.2, 0.25) is 0 Å². The monoisotopic (exact) mass is 250 g/mol. The molecule has 0 spiro atoms. The first kappa shape index (κ1) is 12.8. The van der Waals surface area contributed by atoms with E-state index in [1.807, 2.05) is 0 Å². The average molecular weight is 250 g/mol. The van der Waals surface area contributed by atoms with Gasteiger partial charge in [0.05, 0.1) is 12.4 Å². The Labute approximate surface area is 106 Å². The van der Waals surface area contributed by atoms with Gasteiger partial charge >= 0.3 is 0 Å². The number of carbonyl (C=O) groups is 1. The van der Waals surface area contributed by atoms with E-state index < -0.39 is 0 Å². The van der Waals surface area contributed by atoms with Crippen LogP contribution in [0.5, 0.6) is 0 Å². The fourth-order valence-corrected chi connectivity index (χ4v) is 2.13. The Kier molecular flexibility index (Phi) is 4.09. The maximum absolute atomic E-state index is 12.2. The van der Waals surface area contributed by atoms with Crippen molar-refractivity contribution in [2.75, 3.05) is 32.1 Å². The van der Waals surface area contributed by atoms with Gasteiger partial charge < -0.3 is 15.3 Å². The number of aromatic nitrogens is 2. The zero-order chi connectivity index (χ0) is 13.0. The van der Waals surface area contributed by atoms with Crippen molar-refractivity contribution in [2.45, 2.75) is 12.8 Å². The minimum absolute atomic E-state index is 0.108. The SMILES string of the molecule is CNc1cnc(C(=O)N2CCCC(CO)C2)cn1. The van der Waals surface area contributed by atoms with Gasteiger partial charge in [0.2, 0.25) is 0 Å². The maximum Gasteiger partial charge on any atom is 0.274 e. The van der Waals surface area contributed by atoms with E-state index in [0.29, 0.717) is 18.1 Å². The van der Waals surface area contributed by atoms with Crippen molar-refractivity contribution >= 4 is 11.7 Å². The van der Waals surface area contributed by atoms with Crippen LogP contribution in [0, 0.1) is 5.92 Å². The number of rotatable bonds is 3. The average Bonchev–Trinajstić information content (AvgIpc) is 2.46. The van der Waals surface area contributed by atoms with Crippen LogP contribution in [0.25, 0.3) is 0 Å².